The minimum atomic E-state index is 0.754. The Bertz CT molecular complexity index is 691. The number of aromatic nitrogens is 1. The van der Waals surface area contributed by atoms with Crippen LogP contribution in [0.1, 0.15) is 36.0 Å². The van der Waals surface area contributed by atoms with Gasteiger partial charge in [-0.25, -0.2) is 4.98 Å². The second-order valence-corrected chi connectivity index (χ2v) is 5.74. The molecule has 20 heavy (non-hydrogen) atoms. The molecule has 1 aromatic carbocycles. The molecule has 2 heterocycles. The summed E-state index contributed by atoms with van der Waals surface area (Å²) in [5.41, 5.74) is 4.38. The van der Waals surface area contributed by atoms with Crippen LogP contribution >= 0.6 is 0 Å². The summed E-state index contributed by atoms with van der Waals surface area (Å²) >= 11 is 0. The standard InChI is InChI=1S/C17H19N3/c1-12-8-13(2)16-14(9-12)10-15(11-18)17(19-16)20-6-4-3-5-7-20/h8-10H,3-7H2,1-2H3/p+1. The average Bonchev–Trinajstić information content (AvgIpc) is 2.46. The van der Waals surface area contributed by atoms with Crippen LogP contribution < -0.4 is 9.88 Å². The molecular formula is C17H20N3+. The largest absolute Gasteiger partial charge is 0.293 e. The van der Waals surface area contributed by atoms with Gasteiger partial charge in [0.1, 0.15) is 17.1 Å². The lowest BCUT2D eigenvalue weighted by Gasteiger charge is -2.22. The van der Waals surface area contributed by atoms with Crippen molar-refractivity contribution in [1.82, 2.24) is 0 Å². The van der Waals surface area contributed by atoms with E-state index in [9.17, 15) is 5.26 Å². The fraction of sp³-hybridized carbons (Fsp3) is 0.412. The van der Waals surface area contributed by atoms with Gasteiger partial charge in [0, 0.05) is 5.39 Å². The summed E-state index contributed by atoms with van der Waals surface area (Å²) in [6.07, 6.45) is 3.72. The zero-order valence-electron chi connectivity index (χ0n) is 12.2. The number of H-pyrrole nitrogens is 1. The van der Waals surface area contributed by atoms with Crippen LogP contribution in [-0.4, -0.2) is 13.1 Å². The van der Waals surface area contributed by atoms with Crippen molar-refractivity contribution in [1.29, 1.82) is 5.26 Å². The molecule has 1 aliphatic heterocycles. The van der Waals surface area contributed by atoms with Gasteiger partial charge in [0.25, 0.3) is 5.82 Å². The van der Waals surface area contributed by atoms with Crippen LogP contribution in [0.5, 0.6) is 0 Å². The van der Waals surface area contributed by atoms with Crippen LogP contribution in [0.3, 0.4) is 0 Å². The van der Waals surface area contributed by atoms with E-state index in [1.165, 1.54) is 30.4 Å². The Morgan fingerprint density at radius 3 is 2.55 bits per heavy atom. The zero-order chi connectivity index (χ0) is 14.1. The van der Waals surface area contributed by atoms with E-state index in [-0.39, 0.29) is 0 Å². The first-order chi connectivity index (χ1) is 9.69. The molecule has 3 heteroatoms. The topological polar surface area (TPSA) is 41.2 Å². The lowest BCUT2D eigenvalue weighted by molar-refractivity contribution is -0.331. The first-order valence-electron chi connectivity index (χ1n) is 7.31. The van der Waals surface area contributed by atoms with Crippen LogP contribution in [0.4, 0.5) is 5.82 Å². The van der Waals surface area contributed by atoms with E-state index in [4.69, 9.17) is 0 Å². The minimum absolute atomic E-state index is 0.754. The molecule has 0 amide bonds. The predicted molar refractivity (Wildman–Crippen MR) is 80.8 cm³/mol. The average molecular weight is 266 g/mol. The SMILES string of the molecule is Cc1cc(C)c2[nH+]c(N3CCCCC3)c(C#N)cc2c1. The normalized spacial score (nSPS) is 15.3. The summed E-state index contributed by atoms with van der Waals surface area (Å²) in [6.45, 7) is 6.30. The van der Waals surface area contributed by atoms with Crippen LogP contribution in [0.2, 0.25) is 0 Å². The van der Waals surface area contributed by atoms with Gasteiger partial charge in [-0.05, 0) is 56.4 Å². The third-order valence-electron chi connectivity index (χ3n) is 4.10. The highest BCUT2D eigenvalue weighted by Gasteiger charge is 2.24. The minimum Gasteiger partial charge on any atom is -0.261 e. The fourth-order valence-corrected chi connectivity index (χ4v) is 3.15. The van der Waals surface area contributed by atoms with Gasteiger partial charge in [0.15, 0.2) is 0 Å². The number of piperidine rings is 1. The number of aryl methyl sites for hydroxylation is 2. The zero-order valence-corrected chi connectivity index (χ0v) is 12.2. The summed E-state index contributed by atoms with van der Waals surface area (Å²) in [7, 11) is 0. The van der Waals surface area contributed by atoms with E-state index in [2.05, 4.69) is 41.9 Å². The summed E-state index contributed by atoms with van der Waals surface area (Å²) in [6, 6.07) is 8.70. The van der Waals surface area contributed by atoms with Crippen LogP contribution in [-0.2, 0) is 0 Å². The van der Waals surface area contributed by atoms with Gasteiger partial charge in [0.2, 0.25) is 0 Å². The molecule has 3 rings (SSSR count). The lowest BCUT2D eigenvalue weighted by atomic mass is 10.0. The van der Waals surface area contributed by atoms with Gasteiger partial charge in [-0.15, -0.1) is 0 Å². The number of rotatable bonds is 1. The van der Waals surface area contributed by atoms with Crippen molar-refractivity contribution in [3.05, 3.63) is 34.9 Å². The number of fused-ring (bicyclic) bond motifs is 1. The summed E-state index contributed by atoms with van der Waals surface area (Å²) in [5, 5.41) is 10.6. The highest BCUT2D eigenvalue weighted by Crippen LogP contribution is 2.24. The van der Waals surface area contributed by atoms with E-state index in [1.54, 1.807) is 0 Å². The number of aromatic amines is 1. The van der Waals surface area contributed by atoms with Gasteiger partial charge in [0.05, 0.1) is 13.1 Å². The molecule has 0 saturated carbocycles. The molecule has 0 bridgehead atoms. The molecule has 0 aliphatic carbocycles. The highest BCUT2D eigenvalue weighted by molar-refractivity contribution is 5.82. The Morgan fingerprint density at radius 1 is 1.10 bits per heavy atom. The second kappa shape index (κ2) is 5.13. The Labute approximate surface area is 119 Å². The van der Waals surface area contributed by atoms with Gasteiger partial charge < -0.3 is 0 Å². The molecule has 1 aliphatic rings. The third kappa shape index (κ3) is 2.22. The first-order valence-corrected chi connectivity index (χ1v) is 7.31. The van der Waals surface area contributed by atoms with Crippen molar-refractivity contribution in [2.24, 2.45) is 0 Å². The van der Waals surface area contributed by atoms with Gasteiger partial charge in [-0.2, -0.15) is 5.26 Å². The van der Waals surface area contributed by atoms with E-state index in [1.807, 2.05) is 6.07 Å². The van der Waals surface area contributed by atoms with E-state index < -0.39 is 0 Å². The Kier molecular flexibility index (Phi) is 3.31. The number of benzene rings is 1. The maximum atomic E-state index is 9.45. The summed E-state index contributed by atoms with van der Waals surface area (Å²) in [5.74, 6) is 0.992. The first kappa shape index (κ1) is 12.9. The van der Waals surface area contributed by atoms with Crippen LogP contribution in [0, 0.1) is 25.2 Å². The molecule has 0 unspecified atom stereocenters. The molecule has 1 saturated heterocycles. The predicted octanol–water partition coefficient (Wildman–Crippen LogP) is 3.13. The van der Waals surface area contributed by atoms with Crippen LogP contribution in [0.25, 0.3) is 10.9 Å². The summed E-state index contributed by atoms with van der Waals surface area (Å²) in [4.78, 5) is 5.84. The molecule has 1 aromatic heterocycles. The van der Waals surface area contributed by atoms with Gasteiger partial charge in [-0.3, -0.25) is 4.90 Å². The third-order valence-corrected chi connectivity index (χ3v) is 4.10. The van der Waals surface area contributed by atoms with Gasteiger partial charge >= 0.3 is 0 Å². The molecule has 0 spiro atoms. The van der Waals surface area contributed by atoms with Crippen molar-refractivity contribution in [3.8, 4) is 6.07 Å². The number of hydrogen-bond acceptors (Lipinski definition) is 2. The molecule has 102 valence electrons. The number of pyridine rings is 1. The van der Waals surface area contributed by atoms with Crippen molar-refractivity contribution in [3.63, 3.8) is 0 Å². The number of hydrogen-bond donors (Lipinski definition) is 0. The van der Waals surface area contributed by atoms with Crippen molar-refractivity contribution in [2.75, 3.05) is 18.0 Å². The van der Waals surface area contributed by atoms with Crippen molar-refractivity contribution < 1.29 is 4.98 Å². The second-order valence-electron chi connectivity index (χ2n) is 5.74. The number of anilines is 1. The molecule has 2 aromatic rings. The van der Waals surface area contributed by atoms with Gasteiger partial charge in [-0.1, -0.05) is 6.07 Å². The maximum absolute atomic E-state index is 9.45. The molecule has 3 nitrogen and oxygen atoms in total. The Balaban J connectivity index is 2.18. The highest BCUT2D eigenvalue weighted by atomic mass is 15.2. The van der Waals surface area contributed by atoms with Crippen molar-refractivity contribution in [2.45, 2.75) is 33.1 Å². The maximum Gasteiger partial charge on any atom is 0.293 e. The summed E-state index contributed by atoms with van der Waals surface area (Å²) < 4.78 is 0. The smallest absolute Gasteiger partial charge is 0.261 e. The van der Waals surface area contributed by atoms with Crippen molar-refractivity contribution >= 4 is 16.7 Å². The lowest BCUT2D eigenvalue weighted by Crippen LogP contribution is -2.35. The quantitative estimate of drug-likeness (QED) is 0.795. The number of nitriles is 1. The fourth-order valence-electron chi connectivity index (χ4n) is 3.15. The van der Waals surface area contributed by atoms with Crippen LogP contribution in [0.15, 0.2) is 18.2 Å². The molecule has 0 atom stereocenters. The molecule has 1 N–H and O–H groups in total. The molecule has 0 radical (unpaired) electrons. The number of nitrogens with zero attached hydrogens (tertiary/aromatic N) is 2. The van der Waals surface area contributed by atoms with E-state index in [0.717, 1.165) is 35.4 Å². The molecule has 1 fully saturated rings. The Hall–Kier alpha value is -2.08. The monoisotopic (exact) mass is 266 g/mol. The molecular weight excluding hydrogens is 246 g/mol. The van der Waals surface area contributed by atoms with E-state index >= 15 is 0 Å². The number of nitrogens with one attached hydrogen (secondary N) is 1. The van der Waals surface area contributed by atoms with E-state index in [0.29, 0.717) is 0 Å². The Morgan fingerprint density at radius 2 is 1.85 bits per heavy atom.